The van der Waals surface area contributed by atoms with E-state index in [0.29, 0.717) is 0 Å². The third-order valence-electron chi connectivity index (χ3n) is 5.70. The smallest absolute Gasteiger partial charge is 0.125 e. The molecule has 1 nitrogen and oxygen atoms in total. The van der Waals surface area contributed by atoms with Gasteiger partial charge in [0.2, 0.25) is 0 Å². The van der Waals surface area contributed by atoms with Crippen LogP contribution in [0.5, 0.6) is 0 Å². The van der Waals surface area contributed by atoms with Gasteiger partial charge in [-0.15, -0.1) is 11.8 Å². The highest BCUT2D eigenvalue weighted by Crippen LogP contribution is 2.16. The van der Waals surface area contributed by atoms with Gasteiger partial charge in [-0.2, -0.15) is 0 Å². The Labute approximate surface area is 190 Å². The molecule has 0 bridgehead atoms. The van der Waals surface area contributed by atoms with Crippen LogP contribution in [0.15, 0.2) is 0 Å². The highest BCUT2D eigenvalue weighted by atomic mass is 35.5. The van der Waals surface area contributed by atoms with Crippen molar-refractivity contribution >= 4 is 11.8 Å². The van der Waals surface area contributed by atoms with E-state index in [9.17, 15) is 0 Å². The Balaban J connectivity index is 0. The van der Waals surface area contributed by atoms with Crippen molar-refractivity contribution < 1.29 is 16.9 Å². The molecule has 0 spiro atoms. The summed E-state index contributed by atoms with van der Waals surface area (Å²) in [4.78, 5) is 0. The van der Waals surface area contributed by atoms with Gasteiger partial charge in [0.15, 0.2) is 0 Å². The molecule has 0 rings (SSSR count). The van der Waals surface area contributed by atoms with E-state index in [1.807, 2.05) is 0 Å². The molecule has 0 atom stereocenters. The Morgan fingerprint density at radius 3 is 1.29 bits per heavy atom. The molecular formula is C25H54ClNS. The van der Waals surface area contributed by atoms with Gasteiger partial charge in [-0.3, -0.25) is 0 Å². The van der Waals surface area contributed by atoms with Crippen LogP contribution in [0, 0.1) is 0 Å². The van der Waals surface area contributed by atoms with Crippen LogP contribution in [0.3, 0.4) is 0 Å². The molecule has 0 saturated carbocycles. The predicted molar refractivity (Wildman–Crippen MR) is 129 cm³/mol. The normalized spacial score (nSPS) is 11.6. The third kappa shape index (κ3) is 24.6. The number of quaternary nitrogens is 1. The maximum Gasteiger partial charge on any atom is 0.125 e. The molecule has 0 aliphatic heterocycles. The lowest BCUT2D eigenvalue weighted by Gasteiger charge is -2.29. The van der Waals surface area contributed by atoms with Crippen LogP contribution < -0.4 is 12.4 Å². The quantitative estimate of drug-likeness (QED) is 0.117. The summed E-state index contributed by atoms with van der Waals surface area (Å²) in [6.07, 6.45) is 26.0. The molecule has 0 fully saturated rings. The largest absolute Gasteiger partial charge is 1.00 e. The fourth-order valence-corrected chi connectivity index (χ4v) is 4.90. The summed E-state index contributed by atoms with van der Waals surface area (Å²) in [6.45, 7) is 5.96. The van der Waals surface area contributed by atoms with Crippen molar-refractivity contribution in [3.05, 3.63) is 0 Å². The minimum Gasteiger partial charge on any atom is -1.00 e. The Bertz CT molecular complexity index is 258. The van der Waals surface area contributed by atoms with Crippen LogP contribution >= 0.6 is 11.8 Å². The van der Waals surface area contributed by atoms with E-state index in [0.717, 1.165) is 0 Å². The second kappa shape index (κ2) is 23.9. The average Bonchev–Trinajstić information content (AvgIpc) is 2.64. The van der Waals surface area contributed by atoms with E-state index in [2.05, 4.69) is 39.7 Å². The first-order valence-corrected chi connectivity index (χ1v) is 13.7. The Morgan fingerprint density at radius 1 is 0.500 bits per heavy atom. The van der Waals surface area contributed by atoms with E-state index >= 15 is 0 Å². The summed E-state index contributed by atoms with van der Waals surface area (Å²) in [5.74, 6) is 2.67. The van der Waals surface area contributed by atoms with Crippen molar-refractivity contribution in [3.8, 4) is 0 Å². The van der Waals surface area contributed by atoms with Crippen LogP contribution in [0.25, 0.3) is 0 Å². The Morgan fingerprint density at radius 2 is 0.857 bits per heavy atom. The number of hydrogen-bond acceptors (Lipinski definition) is 1. The molecule has 0 N–H and O–H groups in total. The molecule has 0 aromatic heterocycles. The molecule has 172 valence electrons. The van der Waals surface area contributed by atoms with Crippen LogP contribution in [0.1, 0.15) is 129 Å². The number of rotatable bonds is 22. The summed E-state index contributed by atoms with van der Waals surface area (Å²) in [6, 6.07) is 0. The SMILES string of the molecule is CCCCCCCCCCCC[N+](C)(C)CSCCCCCCCCCC.[Cl-]. The van der Waals surface area contributed by atoms with Gasteiger partial charge < -0.3 is 16.9 Å². The molecule has 0 amide bonds. The first kappa shape index (κ1) is 30.8. The van der Waals surface area contributed by atoms with Gasteiger partial charge in [0.25, 0.3) is 0 Å². The molecular weight excluding hydrogens is 382 g/mol. The molecule has 28 heavy (non-hydrogen) atoms. The second-order valence-corrected chi connectivity index (χ2v) is 10.4. The molecule has 3 heteroatoms. The number of hydrogen-bond donors (Lipinski definition) is 0. The molecule has 0 radical (unpaired) electrons. The number of nitrogens with zero attached hydrogens (tertiary/aromatic N) is 1. The second-order valence-electron chi connectivity index (χ2n) is 9.35. The van der Waals surface area contributed by atoms with Gasteiger partial charge in [-0.1, -0.05) is 110 Å². The number of unbranched alkanes of at least 4 members (excludes halogenated alkanes) is 16. The highest BCUT2D eigenvalue weighted by Gasteiger charge is 2.13. The number of halogens is 1. The molecule has 0 unspecified atom stereocenters. The van der Waals surface area contributed by atoms with E-state index in [1.165, 1.54) is 138 Å². The fourth-order valence-electron chi connectivity index (χ4n) is 3.74. The summed E-state index contributed by atoms with van der Waals surface area (Å²) in [5, 5.41) is 0. The van der Waals surface area contributed by atoms with Crippen molar-refractivity contribution in [2.24, 2.45) is 0 Å². The topological polar surface area (TPSA) is 0 Å². The molecule has 0 heterocycles. The number of thioether (sulfide) groups is 1. The Hall–Kier alpha value is 0.600. The van der Waals surface area contributed by atoms with Crippen molar-refractivity contribution in [3.63, 3.8) is 0 Å². The standard InChI is InChI=1S/C25H54NS.ClH/c1-5-7-9-11-13-15-16-17-19-21-23-26(3,4)25-27-24-22-20-18-14-12-10-8-6-2;/h5-25H2,1-4H3;1H/q+1;/p-1. The van der Waals surface area contributed by atoms with Gasteiger partial charge in [0.1, 0.15) is 5.88 Å². The van der Waals surface area contributed by atoms with Crippen LogP contribution in [-0.2, 0) is 0 Å². The lowest BCUT2D eigenvalue weighted by atomic mass is 10.1. The van der Waals surface area contributed by atoms with Gasteiger partial charge >= 0.3 is 0 Å². The third-order valence-corrected chi connectivity index (χ3v) is 7.16. The first-order valence-electron chi connectivity index (χ1n) is 12.5. The molecule has 0 aromatic carbocycles. The predicted octanol–water partition coefficient (Wildman–Crippen LogP) is 5.82. The lowest BCUT2D eigenvalue weighted by molar-refractivity contribution is -0.877. The average molecular weight is 436 g/mol. The van der Waals surface area contributed by atoms with E-state index in [-0.39, 0.29) is 12.4 Å². The van der Waals surface area contributed by atoms with Crippen molar-refractivity contribution in [1.29, 1.82) is 0 Å². The van der Waals surface area contributed by atoms with Gasteiger partial charge in [0, 0.05) is 0 Å². The zero-order chi connectivity index (χ0) is 20.1. The van der Waals surface area contributed by atoms with Crippen LogP contribution in [0.4, 0.5) is 0 Å². The van der Waals surface area contributed by atoms with Crippen LogP contribution in [-0.4, -0.2) is 36.8 Å². The summed E-state index contributed by atoms with van der Waals surface area (Å²) < 4.78 is 1.21. The molecule has 0 saturated heterocycles. The zero-order valence-corrected chi connectivity index (χ0v) is 21.7. The first-order chi connectivity index (χ1) is 13.1. The summed E-state index contributed by atoms with van der Waals surface area (Å²) >= 11 is 2.19. The van der Waals surface area contributed by atoms with Crippen molar-refractivity contribution in [1.82, 2.24) is 0 Å². The fraction of sp³-hybridized carbons (Fsp3) is 1.00. The van der Waals surface area contributed by atoms with Crippen LogP contribution in [0.2, 0.25) is 0 Å². The van der Waals surface area contributed by atoms with Crippen molar-refractivity contribution in [2.45, 2.75) is 129 Å². The monoisotopic (exact) mass is 435 g/mol. The van der Waals surface area contributed by atoms with E-state index < -0.39 is 0 Å². The molecule has 0 aliphatic rings. The summed E-state index contributed by atoms with van der Waals surface area (Å²) in [5.41, 5.74) is 0. The van der Waals surface area contributed by atoms with Crippen molar-refractivity contribution in [2.75, 3.05) is 32.3 Å². The van der Waals surface area contributed by atoms with E-state index in [4.69, 9.17) is 0 Å². The maximum atomic E-state index is 2.43. The molecule has 0 aromatic rings. The van der Waals surface area contributed by atoms with Gasteiger partial charge in [0.05, 0.1) is 20.6 Å². The minimum atomic E-state index is 0. The highest BCUT2D eigenvalue weighted by molar-refractivity contribution is 7.99. The zero-order valence-electron chi connectivity index (χ0n) is 20.1. The maximum absolute atomic E-state index is 2.43. The minimum absolute atomic E-state index is 0. The molecule has 0 aliphatic carbocycles. The van der Waals surface area contributed by atoms with Gasteiger partial charge in [-0.05, 0) is 25.0 Å². The van der Waals surface area contributed by atoms with Gasteiger partial charge in [-0.25, -0.2) is 0 Å². The van der Waals surface area contributed by atoms with E-state index in [1.54, 1.807) is 0 Å². The Kier molecular flexibility index (Phi) is 26.3. The summed E-state index contributed by atoms with van der Waals surface area (Å²) in [7, 11) is 4.85. The lowest BCUT2D eigenvalue weighted by Crippen LogP contribution is -3.00.